The van der Waals surface area contributed by atoms with Gasteiger partial charge in [-0.3, -0.25) is 9.59 Å². The van der Waals surface area contributed by atoms with Crippen molar-refractivity contribution in [2.24, 2.45) is 11.0 Å². The van der Waals surface area contributed by atoms with Crippen molar-refractivity contribution in [3.8, 4) is 0 Å². The fraction of sp³-hybridized carbons (Fsp3) is 0.308. The standard InChI is InChI=1S/C13H13FN2O3/c1-2-19-13(18)11-7-15-16(12(11)17)8-9-4-3-5-10(14)6-9/h3-7,11H,2,8H2,1H3. The Labute approximate surface area is 109 Å². The zero-order valence-corrected chi connectivity index (χ0v) is 10.4. The number of amides is 1. The van der Waals surface area contributed by atoms with Crippen LogP contribution in [0.1, 0.15) is 12.5 Å². The molecule has 1 amide bonds. The van der Waals surface area contributed by atoms with E-state index in [1.54, 1.807) is 19.1 Å². The number of esters is 1. The van der Waals surface area contributed by atoms with Gasteiger partial charge in [0.25, 0.3) is 5.91 Å². The predicted molar refractivity (Wildman–Crippen MR) is 65.6 cm³/mol. The quantitative estimate of drug-likeness (QED) is 0.609. The number of carbonyl (C=O) groups is 2. The zero-order valence-electron chi connectivity index (χ0n) is 10.4. The number of hydrogen-bond acceptors (Lipinski definition) is 4. The second kappa shape index (κ2) is 5.60. The molecule has 1 aliphatic rings. The van der Waals surface area contributed by atoms with Gasteiger partial charge in [-0.2, -0.15) is 5.10 Å². The lowest BCUT2D eigenvalue weighted by atomic mass is 10.1. The second-order valence-corrected chi connectivity index (χ2v) is 4.02. The first-order chi connectivity index (χ1) is 9.11. The summed E-state index contributed by atoms with van der Waals surface area (Å²) in [4.78, 5) is 23.4. The third-order valence-corrected chi connectivity index (χ3v) is 2.64. The van der Waals surface area contributed by atoms with Crippen LogP contribution in [0, 0.1) is 11.7 Å². The molecule has 0 N–H and O–H groups in total. The summed E-state index contributed by atoms with van der Waals surface area (Å²) in [5, 5.41) is 5.00. The molecule has 1 unspecified atom stereocenters. The van der Waals surface area contributed by atoms with E-state index in [4.69, 9.17) is 4.74 Å². The van der Waals surface area contributed by atoms with Gasteiger partial charge in [-0.25, -0.2) is 9.40 Å². The number of carbonyl (C=O) groups excluding carboxylic acids is 2. The number of halogens is 1. The Kier molecular flexibility index (Phi) is 3.89. The summed E-state index contributed by atoms with van der Waals surface area (Å²) >= 11 is 0. The fourth-order valence-corrected chi connectivity index (χ4v) is 1.75. The molecule has 0 fully saturated rings. The van der Waals surface area contributed by atoms with Crippen LogP contribution in [0.5, 0.6) is 0 Å². The van der Waals surface area contributed by atoms with E-state index in [0.717, 1.165) is 5.01 Å². The van der Waals surface area contributed by atoms with Crippen molar-refractivity contribution in [3.63, 3.8) is 0 Å². The van der Waals surface area contributed by atoms with Crippen LogP contribution in [0.25, 0.3) is 0 Å². The van der Waals surface area contributed by atoms with Crippen molar-refractivity contribution in [1.82, 2.24) is 5.01 Å². The van der Waals surface area contributed by atoms with E-state index in [1.165, 1.54) is 18.3 Å². The first-order valence-corrected chi connectivity index (χ1v) is 5.88. The number of hydrogen-bond donors (Lipinski definition) is 0. The van der Waals surface area contributed by atoms with E-state index in [-0.39, 0.29) is 19.0 Å². The molecule has 1 aliphatic heterocycles. The van der Waals surface area contributed by atoms with Crippen molar-refractivity contribution >= 4 is 18.1 Å². The van der Waals surface area contributed by atoms with E-state index in [1.807, 2.05) is 0 Å². The lowest BCUT2D eigenvalue weighted by molar-refractivity contribution is -0.151. The van der Waals surface area contributed by atoms with Gasteiger partial charge in [0.05, 0.1) is 13.2 Å². The van der Waals surface area contributed by atoms with Gasteiger partial charge < -0.3 is 4.74 Å². The van der Waals surface area contributed by atoms with E-state index in [2.05, 4.69) is 5.10 Å². The topological polar surface area (TPSA) is 59.0 Å². The largest absolute Gasteiger partial charge is 0.465 e. The highest BCUT2D eigenvalue weighted by molar-refractivity contribution is 6.13. The van der Waals surface area contributed by atoms with Gasteiger partial charge in [-0.05, 0) is 24.6 Å². The van der Waals surface area contributed by atoms with Crippen molar-refractivity contribution in [2.75, 3.05) is 6.61 Å². The summed E-state index contributed by atoms with van der Waals surface area (Å²) in [6, 6.07) is 5.88. The van der Waals surface area contributed by atoms with Crippen LogP contribution in [0.15, 0.2) is 29.4 Å². The summed E-state index contributed by atoms with van der Waals surface area (Å²) < 4.78 is 17.8. The number of ether oxygens (including phenoxy) is 1. The lowest BCUT2D eigenvalue weighted by Crippen LogP contribution is -2.31. The second-order valence-electron chi connectivity index (χ2n) is 4.02. The molecule has 0 saturated heterocycles. The molecular formula is C13H13FN2O3. The highest BCUT2D eigenvalue weighted by atomic mass is 19.1. The van der Waals surface area contributed by atoms with Crippen LogP contribution < -0.4 is 0 Å². The van der Waals surface area contributed by atoms with Crippen molar-refractivity contribution < 1.29 is 18.7 Å². The summed E-state index contributed by atoms with van der Waals surface area (Å²) in [5.74, 6) is -2.44. The SMILES string of the molecule is CCOC(=O)C1C=NN(Cc2cccc(F)c2)C1=O. The molecule has 0 bridgehead atoms. The fourth-order valence-electron chi connectivity index (χ4n) is 1.75. The van der Waals surface area contributed by atoms with Crippen LogP contribution in [-0.4, -0.2) is 29.7 Å². The van der Waals surface area contributed by atoms with Gasteiger partial charge in [-0.15, -0.1) is 0 Å². The normalized spacial score (nSPS) is 17.9. The van der Waals surface area contributed by atoms with E-state index in [0.29, 0.717) is 5.56 Å². The van der Waals surface area contributed by atoms with E-state index in [9.17, 15) is 14.0 Å². The molecule has 0 aliphatic carbocycles. The maximum atomic E-state index is 13.0. The number of nitrogens with zero attached hydrogens (tertiary/aromatic N) is 2. The average molecular weight is 264 g/mol. The number of hydrazone groups is 1. The molecule has 1 aromatic carbocycles. The van der Waals surface area contributed by atoms with Gasteiger partial charge in [0.1, 0.15) is 5.82 Å². The Morgan fingerprint density at radius 2 is 2.32 bits per heavy atom. The number of benzene rings is 1. The zero-order chi connectivity index (χ0) is 13.8. The van der Waals surface area contributed by atoms with Crippen LogP contribution in [0.2, 0.25) is 0 Å². The highest BCUT2D eigenvalue weighted by Crippen LogP contribution is 2.16. The molecule has 0 spiro atoms. The molecule has 5 nitrogen and oxygen atoms in total. The molecular weight excluding hydrogens is 251 g/mol. The van der Waals surface area contributed by atoms with Gasteiger partial charge >= 0.3 is 5.97 Å². The van der Waals surface area contributed by atoms with Crippen LogP contribution in [-0.2, 0) is 20.9 Å². The lowest BCUT2D eigenvalue weighted by Gasteiger charge is -2.13. The summed E-state index contributed by atoms with van der Waals surface area (Å²) in [5.41, 5.74) is 0.606. The Morgan fingerprint density at radius 3 is 3.00 bits per heavy atom. The molecule has 0 saturated carbocycles. The molecule has 100 valence electrons. The van der Waals surface area contributed by atoms with Gasteiger partial charge in [0.15, 0.2) is 5.92 Å². The molecule has 1 aromatic rings. The Balaban J connectivity index is 2.03. The maximum Gasteiger partial charge on any atom is 0.324 e. The third kappa shape index (κ3) is 2.96. The van der Waals surface area contributed by atoms with Crippen LogP contribution in [0.3, 0.4) is 0 Å². The average Bonchev–Trinajstić information content (AvgIpc) is 2.71. The Morgan fingerprint density at radius 1 is 1.53 bits per heavy atom. The van der Waals surface area contributed by atoms with Crippen molar-refractivity contribution in [2.45, 2.75) is 13.5 Å². The minimum atomic E-state index is -0.992. The molecule has 2 rings (SSSR count). The molecule has 6 heteroatoms. The molecule has 0 radical (unpaired) electrons. The first-order valence-electron chi connectivity index (χ1n) is 5.88. The maximum absolute atomic E-state index is 13.0. The predicted octanol–water partition coefficient (Wildman–Crippen LogP) is 1.33. The molecule has 0 aromatic heterocycles. The van der Waals surface area contributed by atoms with Gasteiger partial charge in [0.2, 0.25) is 0 Å². The van der Waals surface area contributed by atoms with E-state index < -0.39 is 17.8 Å². The molecule has 19 heavy (non-hydrogen) atoms. The first kappa shape index (κ1) is 13.2. The van der Waals surface area contributed by atoms with Crippen LogP contribution in [0.4, 0.5) is 4.39 Å². The minimum Gasteiger partial charge on any atom is -0.465 e. The minimum absolute atomic E-state index is 0.128. The smallest absolute Gasteiger partial charge is 0.324 e. The Bertz CT molecular complexity index is 530. The highest BCUT2D eigenvalue weighted by Gasteiger charge is 2.35. The summed E-state index contributed by atoms with van der Waals surface area (Å²) in [6.07, 6.45) is 1.25. The van der Waals surface area contributed by atoms with E-state index >= 15 is 0 Å². The summed E-state index contributed by atoms with van der Waals surface area (Å²) in [6.45, 7) is 2.00. The Hall–Kier alpha value is -2.24. The van der Waals surface area contributed by atoms with Crippen molar-refractivity contribution in [3.05, 3.63) is 35.6 Å². The molecule has 1 atom stereocenters. The van der Waals surface area contributed by atoms with Crippen LogP contribution >= 0.6 is 0 Å². The molecule has 1 heterocycles. The van der Waals surface area contributed by atoms with Gasteiger partial charge in [-0.1, -0.05) is 12.1 Å². The van der Waals surface area contributed by atoms with Gasteiger partial charge in [0, 0.05) is 6.21 Å². The number of rotatable bonds is 4. The monoisotopic (exact) mass is 264 g/mol. The van der Waals surface area contributed by atoms with Crippen molar-refractivity contribution in [1.29, 1.82) is 0 Å². The third-order valence-electron chi connectivity index (χ3n) is 2.64. The summed E-state index contributed by atoms with van der Waals surface area (Å²) in [7, 11) is 0.